The first-order valence-corrected chi connectivity index (χ1v) is 7.07. The lowest BCUT2D eigenvalue weighted by Gasteiger charge is -2.38. The highest BCUT2D eigenvalue weighted by Gasteiger charge is 2.38. The molecule has 1 unspecified atom stereocenters. The zero-order valence-corrected chi connectivity index (χ0v) is 12.1. The third-order valence-corrected chi connectivity index (χ3v) is 4.11. The first kappa shape index (κ1) is 14.8. The molecule has 1 atom stereocenters. The lowest BCUT2D eigenvalue weighted by Crippen LogP contribution is -2.53. The molecule has 2 fully saturated rings. The molecule has 0 radical (unpaired) electrons. The highest BCUT2D eigenvalue weighted by atomic mass is 16.4. The van der Waals surface area contributed by atoms with Crippen LogP contribution in [0.4, 0.5) is 0 Å². The van der Waals surface area contributed by atoms with Crippen molar-refractivity contribution in [2.45, 2.75) is 45.6 Å². The lowest BCUT2D eigenvalue weighted by atomic mass is 9.85. The van der Waals surface area contributed by atoms with Crippen molar-refractivity contribution in [1.82, 2.24) is 9.80 Å². The van der Waals surface area contributed by atoms with Gasteiger partial charge >= 0.3 is 5.97 Å². The number of piperazine rings is 1. The quantitative estimate of drug-likeness (QED) is 0.823. The number of carbonyl (C=O) groups is 3. The summed E-state index contributed by atoms with van der Waals surface area (Å²) >= 11 is 0. The van der Waals surface area contributed by atoms with Gasteiger partial charge in [-0.25, -0.2) is 0 Å². The number of fused-ring (bicyclic) bond motifs is 1. The minimum atomic E-state index is -0.881. The summed E-state index contributed by atoms with van der Waals surface area (Å²) in [7, 11) is 0. The molecule has 6 heteroatoms. The van der Waals surface area contributed by atoms with Crippen LogP contribution in [0.5, 0.6) is 0 Å². The van der Waals surface area contributed by atoms with E-state index in [-0.39, 0.29) is 30.7 Å². The Bertz CT molecular complexity index is 433. The average molecular weight is 282 g/mol. The van der Waals surface area contributed by atoms with E-state index in [0.29, 0.717) is 26.1 Å². The average Bonchev–Trinajstić information content (AvgIpc) is 2.68. The monoisotopic (exact) mass is 282 g/mol. The summed E-state index contributed by atoms with van der Waals surface area (Å²) in [6.07, 6.45) is 1.62. The van der Waals surface area contributed by atoms with Gasteiger partial charge in [-0.15, -0.1) is 0 Å². The first-order valence-electron chi connectivity index (χ1n) is 7.07. The van der Waals surface area contributed by atoms with Gasteiger partial charge in [-0.1, -0.05) is 13.8 Å². The maximum absolute atomic E-state index is 12.3. The molecule has 2 saturated heterocycles. The maximum Gasteiger partial charge on any atom is 0.303 e. The molecule has 2 amide bonds. The molecule has 2 aliphatic heterocycles. The van der Waals surface area contributed by atoms with E-state index in [4.69, 9.17) is 5.11 Å². The fraction of sp³-hybridized carbons (Fsp3) is 0.786. The van der Waals surface area contributed by atoms with E-state index < -0.39 is 11.4 Å². The molecule has 2 heterocycles. The molecule has 2 rings (SSSR count). The van der Waals surface area contributed by atoms with Gasteiger partial charge in [0.2, 0.25) is 11.8 Å². The minimum absolute atomic E-state index is 0.00440. The van der Waals surface area contributed by atoms with Gasteiger partial charge in [-0.3, -0.25) is 14.4 Å². The molecular formula is C14H22N2O4. The predicted octanol–water partition coefficient (Wildman–Crippen LogP) is 0.711. The van der Waals surface area contributed by atoms with Gasteiger partial charge in [0.05, 0.1) is 6.42 Å². The molecule has 0 aromatic carbocycles. The number of hydrogen-bond donors (Lipinski definition) is 1. The summed E-state index contributed by atoms with van der Waals surface area (Å²) in [6, 6.07) is 0.155. The summed E-state index contributed by atoms with van der Waals surface area (Å²) in [4.78, 5) is 38.3. The molecule has 1 N–H and O–H groups in total. The first-order chi connectivity index (χ1) is 9.28. The van der Waals surface area contributed by atoms with Crippen LogP contribution in [0, 0.1) is 5.41 Å². The van der Waals surface area contributed by atoms with E-state index in [1.165, 1.54) is 0 Å². The van der Waals surface area contributed by atoms with Crippen molar-refractivity contribution >= 4 is 17.8 Å². The third kappa shape index (κ3) is 3.29. The molecule has 0 aromatic rings. The van der Waals surface area contributed by atoms with Crippen LogP contribution in [0.15, 0.2) is 0 Å². The Labute approximate surface area is 118 Å². The Kier molecular flexibility index (Phi) is 4.01. The van der Waals surface area contributed by atoms with Crippen LogP contribution >= 0.6 is 0 Å². The van der Waals surface area contributed by atoms with Crippen LogP contribution in [0.2, 0.25) is 0 Å². The number of carboxylic acids is 1. The van der Waals surface area contributed by atoms with E-state index >= 15 is 0 Å². The lowest BCUT2D eigenvalue weighted by molar-refractivity contribution is -0.143. The van der Waals surface area contributed by atoms with E-state index in [9.17, 15) is 14.4 Å². The topological polar surface area (TPSA) is 77.9 Å². The van der Waals surface area contributed by atoms with E-state index in [2.05, 4.69) is 0 Å². The summed E-state index contributed by atoms with van der Waals surface area (Å²) in [5.41, 5.74) is -0.536. The van der Waals surface area contributed by atoms with Gasteiger partial charge in [0.25, 0.3) is 0 Å². The number of amides is 2. The van der Waals surface area contributed by atoms with Crippen LogP contribution in [0.25, 0.3) is 0 Å². The van der Waals surface area contributed by atoms with E-state index in [0.717, 1.165) is 6.42 Å². The number of rotatable bonds is 4. The van der Waals surface area contributed by atoms with Crippen molar-refractivity contribution in [1.29, 1.82) is 0 Å². The zero-order valence-electron chi connectivity index (χ0n) is 12.1. The highest BCUT2D eigenvalue weighted by molar-refractivity contribution is 5.81. The summed E-state index contributed by atoms with van der Waals surface area (Å²) in [5.74, 6) is -0.697. The highest BCUT2D eigenvalue weighted by Crippen LogP contribution is 2.28. The second-order valence-electron chi connectivity index (χ2n) is 6.53. The minimum Gasteiger partial charge on any atom is -0.481 e. The van der Waals surface area contributed by atoms with Gasteiger partial charge in [0.1, 0.15) is 0 Å². The largest absolute Gasteiger partial charge is 0.481 e. The number of aliphatic carboxylic acids is 1. The Morgan fingerprint density at radius 1 is 1.30 bits per heavy atom. The number of carbonyl (C=O) groups excluding carboxylic acids is 2. The second kappa shape index (κ2) is 5.42. The molecule has 2 aliphatic rings. The summed E-state index contributed by atoms with van der Waals surface area (Å²) in [5, 5.41) is 8.86. The van der Waals surface area contributed by atoms with Crippen molar-refractivity contribution in [3.8, 4) is 0 Å². The Morgan fingerprint density at radius 3 is 2.65 bits per heavy atom. The molecule has 0 aliphatic carbocycles. The van der Waals surface area contributed by atoms with Gasteiger partial charge in [-0.2, -0.15) is 0 Å². The van der Waals surface area contributed by atoms with E-state index in [1.807, 2.05) is 4.90 Å². The van der Waals surface area contributed by atoms with Crippen molar-refractivity contribution in [3.05, 3.63) is 0 Å². The Hall–Kier alpha value is -1.59. The van der Waals surface area contributed by atoms with Gasteiger partial charge in [0, 0.05) is 38.5 Å². The number of hydrogen-bond acceptors (Lipinski definition) is 3. The van der Waals surface area contributed by atoms with Gasteiger partial charge < -0.3 is 14.9 Å². The molecule has 0 saturated carbocycles. The van der Waals surface area contributed by atoms with Gasteiger partial charge in [-0.05, 0) is 11.8 Å². The van der Waals surface area contributed by atoms with E-state index in [1.54, 1.807) is 18.7 Å². The molecular weight excluding hydrogens is 260 g/mol. The summed E-state index contributed by atoms with van der Waals surface area (Å²) in [6.45, 7) is 5.36. The van der Waals surface area contributed by atoms with Gasteiger partial charge in [0.15, 0.2) is 0 Å². The van der Waals surface area contributed by atoms with Crippen LogP contribution < -0.4 is 0 Å². The van der Waals surface area contributed by atoms with Crippen molar-refractivity contribution in [2.75, 3.05) is 19.6 Å². The van der Waals surface area contributed by atoms with Crippen molar-refractivity contribution in [2.24, 2.45) is 5.41 Å². The molecule has 6 nitrogen and oxygen atoms in total. The zero-order chi connectivity index (χ0) is 14.9. The third-order valence-electron chi connectivity index (χ3n) is 4.11. The van der Waals surface area contributed by atoms with Crippen LogP contribution in [-0.4, -0.2) is 58.4 Å². The Morgan fingerprint density at radius 2 is 2.00 bits per heavy atom. The molecule has 0 bridgehead atoms. The summed E-state index contributed by atoms with van der Waals surface area (Å²) < 4.78 is 0. The molecule has 20 heavy (non-hydrogen) atoms. The fourth-order valence-corrected chi connectivity index (χ4v) is 3.08. The predicted molar refractivity (Wildman–Crippen MR) is 72.0 cm³/mol. The number of nitrogens with zero attached hydrogens (tertiary/aromatic N) is 2. The molecule has 0 aromatic heterocycles. The normalized spacial score (nSPS) is 22.9. The van der Waals surface area contributed by atoms with Crippen molar-refractivity contribution < 1.29 is 19.5 Å². The second-order valence-corrected chi connectivity index (χ2v) is 6.53. The molecule has 0 spiro atoms. The maximum atomic E-state index is 12.3. The number of carboxylic acid groups (broad SMARTS) is 1. The van der Waals surface area contributed by atoms with Crippen LogP contribution in [-0.2, 0) is 14.4 Å². The standard InChI is InChI=1S/C14H22N2O4/c1-14(2,8-13(19)20)7-12(18)15-5-6-16-10(9-15)3-4-11(16)17/h10H,3-9H2,1-2H3,(H,19,20). The Balaban J connectivity index is 1.91. The van der Waals surface area contributed by atoms with Crippen molar-refractivity contribution in [3.63, 3.8) is 0 Å². The van der Waals surface area contributed by atoms with Crippen LogP contribution in [0.3, 0.4) is 0 Å². The smallest absolute Gasteiger partial charge is 0.303 e. The van der Waals surface area contributed by atoms with Crippen LogP contribution in [0.1, 0.15) is 39.5 Å². The molecule has 112 valence electrons. The fourth-order valence-electron chi connectivity index (χ4n) is 3.08. The SMILES string of the molecule is CC(C)(CC(=O)O)CC(=O)N1CCN2C(=O)CCC2C1.